The highest BCUT2D eigenvalue weighted by Gasteiger charge is 2.06. The lowest BCUT2D eigenvalue weighted by Gasteiger charge is -2.21. The third-order valence-electron chi connectivity index (χ3n) is 3.05. The number of rotatable bonds is 11. The molecule has 0 aromatic heterocycles. The van der Waals surface area contributed by atoms with E-state index in [0.717, 1.165) is 31.8 Å². The molecule has 0 unspecified atom stereocenters. The fourth-order valence-corrected chi connectivity index (χ4v) is 1.87. The van der Waals surface area contributed by atoms with Gasteiger partial charge in [-0.15, -0.1) is 0 Å². The lowest BCUT2D eigenvalue weighted by atomic mass is 10.3. The molecule has 21 heavy (non-hydrogen) atoms. The lowest BCUT2D eigenvalue weighted by Crippen LogP contribution is -2.32. The quantitative estimate of drug-likeness (QED) is 0.213. The van der Waals surface area contributed by atoms with Crippen LogP contribution in [0.5, 0.6) is 5.75 Å². The van der Waals surface area contributed by atoms with E-state index in [1.54, 1.807) is 7.11 Å². The second-order valence-electron chi connectivity index (χ2n) is 4.69. The van der Waals surface area contributed by atoms with Gasteiger partial charge >= 0.3 is 0 Å². The molecule has 0 spiro atoms. The number of amidine groups is 1. The largest absolute Gasteiger partial charge is 0.494 e. The van der Waals surface area contributed by atoms with E-state index in [9.17, 15) is 0 Å². The summed E-state index contributed by atoms with van der Waals surface area (Å²) >= 11 is 0. The highest BCUT2D eigenvalue weighted by atomic mass is 16.5. The third kappa shape index (κ3) is 8.16. The molecule has 0 radical (unpaired) electrons. The maximum absolute atomic E-state index is 8.56. The zero-order chi connectivity index (χ0) is 15.3. The zero-order valence-corrected chi connectivity index (χ0v) is 12.6. The van der Waals surface area contributed by atoms with Crippen LogP contribution in [0.2, 0.25) is 0 Å². The molecule has 0 amide bonds. The van der Waals surface area contributed by atoms with E-state index in [-0.39, 0.29) is 5.84 Å². The number of benzene rings is 1. The summed E-state index contributed by atoms with van der Waals surface area (Å²) in [6.07, 6.45) is 1.45. The SMILES string of the molecule is COCCN(CCCOc1ccccc1)CCC(N)=NO. The summed E-state index contributed by atoms with van der Waals surface area (Å²) in [6.45, 7) is 3.77. The van der Waals surface area contributed by atoms with Crippen LogP contribution in [0, 0.1) is 0 Å². The monoisotopic (exact) mass is 295 g/mol. The molecular weight excluding hydrogens is 270 g/mol. The van der Waals surface area contributed by atoms with E-state index in [4.69, 9.17) is 20.4 Å². The Kier molecular flexibility index (Phi) is 8.99. The Morgan fingerprint density at radius 1 is 1.19 bits per heavy atom. The van der Waals surface area contributed by atoms with E-state index >= 15 is 0 Å². The Bertz CT molecular complexity index is 398. The number of oxime groups is 1. The summed E-state index contributed by atoms with van der Waals surface area (Å²) in [4.78, 5) is 2.22. The number of hydrogen-bond acceptors (Lipinski definition) is 5. The molecule has 0 aliphatic rings. The highest BCUT2D eigenvalue weighted by Crippen LogP contribution is 2.08. The normalized spacial score (nSPS) is 11.8. The standard InChI is InChI=1S/C15H25N3O3/c1-20-13-11-18(10-8-15(16)17-19)9-5-12-21-14-6-3-2-4-7-14/h2-4,6-7,19H,5,8-13H2,1H3,(H2,16,17). The molecule has 1 aromatic rings. The van der Waals surface area contributed by atoms with Crippen LogP contribution in [0.3, 0.4) is 0 Å². The summed E-state index contributed by atoms with van der Waals surface area (Å²) < 4.78 is 10.8. The van der Waals surface area contributed by atoms with Crippen LogP contribution in [-0.2, 0) is 4.74 Å². The van der Waals surface area contributed by atoms with Gasteiger partial charge in [-0.1, -0.05) is 23.4 Å². The summed E-state index contributed by atoms with van der Waals surface area (Å²) in [5, 5.41) is 11.6. The highest BCUT2D eigenvalue weighted by molar-refractivity contribution is 5.79. The first-order valence-electron chi connectivity index (χ1n) is 7.11. The van der Waals surface area contributed by atoms with Crippen molar-refractivity contribution in [2.24, 2.45) is 10.9 Å². The third-order valence-corrected chi connectivity index (χ3v) is 3.05. The van der Waals surface area contributed by atoms with Gasteiger partial charge in [-0.25, -0.2) is 0 Å². The molecule has 0 bridgehead atoms. The maximum Gasteiger partial charge on any atom is 0.140 e. The van der Waals surface area contributed by atoms with E-state index in [1.165, 1.54) is 0 Å². The van der Waals surface area contributed by atoms with Gasteiger partial charge in [0.15, 0.2) is 0 Å². The van der Waals surface area contributed by atoms with Gasteiger partial charge in [-0.2, -0.15) is 0 Å². The van der Waals surface area contributed by atoms with Gasteiger partial charge in [0, 0.05) is 33.2 Å². The van der Waals surface area contributed by atoms with Crippen molar-refractivity contribution in [3.63, 3.8) is 0 Å². The average molecular weight is 295 g/mol. The average Bonchev–Trinajstić information content (AvgIpc) is 2.53. The fourth-order valence-electron chi connectivity index (χ4n) is 1.87. The number of nitrogens with two attached hydrogens (primary N) is 1. The number of ether oxygens (including phenoxy) is 2. The number of nitrogens with zero attached hydrogens (tertiary/aromatic N) is 2. The van der Waals surface area contributed by atoms with Crippen molar-refractivity contribution in [1.29, 1.82) is 0 Å². The summed E-state index contributed by atoms with van der Waals surface area (Å²) in [6, 6.07) is 9.77. The number of methoxy groups -OCH3 is 1. The Balaban J connectivity index is 2.24. The van der Waals surface area contributed by atoms with Gasteiger partial charge in [-0.05, 0) is 18.6 Å². The fraction of sp³-hybridized carbons (Fsp3) is 0.533. The predicted molar refractivity (Wildman–Crippen MR) is 82.9 cm³/mol. The van der Waals surface area contributed by atoms with E-state index in [2.05, 4.69) is 10.1 Å². The van der Waals surface area contributed by atoms with Crippen molar-refractivity contribution in [2.75, 3.05) is 40.0 Å². The van der Waals surface area contributed by atoms with Crippen LogP contribution in [0.4, 0.5) is 0 Å². The Morgan fingerprint density at radius 2 is 1.95 bits per heavy atom. The topological polar surface area (TPSA) is 80.3 Å². The Morgan fingerprint density at radius 3 is 2.62 bits per heavy atom. The first-order valence-corrected chi connectivity index (χ1v) is 7.11. The van der Waals surface area contributed by atoms with Gasteiger partial charge in [0.25, 0.3) is 0 Å². The molecule has 1 aromatic carbocycles. The van der Waals surface area contributed by atoms with Crippen LogP contribution >= 0.6 is 0 Å². The molecule has 0 heterocycles. The maximum atomic E-state index is 8.56. The molecule has 0 saturated carbocycles. The van der Waals surface area contributed by atoms with Crippen LogP contribution in [0.25, 0.3) is 0 Å². The van der Waals surface area contributed by atoms with Crippen molar-refractivity contribution < 1.29 is 14.7 Å². The van der Waals surface area contributed by atoms with E-state index in [0.29, 0.717) is 19.6 Å². The molecule has 0 fully saturated rings. The van der Waals surface area contributed by atoms with Gasteiger partial charge in [0.05, 0.1) is 13.2 Å². The predicted octanol–water partition coefficient (Wildman–Crippen LogP) is 1.54. The van der Waals surface area contributed by atoms with Gasteiger partial charge < -0.3 is 25.3 Å². The molecular formula is C15H25N3O3. The first kappa shape index (κ1) is 17.3. The minimum atomic E-state index is 0.248. The van der Waals surface area contributed by atoms with Crippen LogP contribution in [0.1, 0.15) is 12.8 Å². The summed E-state index contributed by atoms with van der Waals surface area (Å²) in [7, 11) is 1.68. The van der Waals surface area contributed by atoms with Crippen molar-refractivity contribution in [3.05, 3.63) is 30.3 Å². The van der Waals surface area contributed by atoms with Crippen molar-refractivity contribution in [3.8, 4) is 5.75 Å². The van der Waals surface area contributed by atoms with Gasteiger partial charge in [-0.3, -0.25) is 0 Å². The van der Waals surface area contributed by atoms with Gasteiger partial charge in [0.2, 0.25) is 0 Å². The minimum absolute atomic E-state index is 0.248. The molecule has 0 atom stereocenters. The first-order chi connectivity index (χ1) is 10.3. The Hall–Kier alpha value is -1.79. The smallest absolute Gasteiger partial charge is 0.140 e. The summed E-state index contributed by atoms with van der Waals surface area (Å²) in [5.41, 5.74) is 5.50. The number of para-hydroxylation sites is 1. The van der Waals surface area contributed by atoms with Crippen molar-refractivity contribution in [1.82, 2.24) is 4.90 Å². The molecule has 1 rings (SSSR count). The molecule has 6 nitrogen and oxygen atoms in total. The van der Waals surface area contributed by atoms with Gasteiger partial charge in [0.1, 0.15) is 11.6 Å². The molecule has 0 saturated heterocycles. The minimum Gasteiger partial charge on any atom is -0.494 e. The summed E-state index contributed by atoms with van der Waals surface area (Å²) in [5.74, 6) is 1.13. The van der Waals surface area contributed by atoms with E-state index in [1.807, 2.05) is 30.3 Å². The second-order valence-corrected chi connectivity index (χ2v) is 4.69. The lowest BCUT2D eigenvalue weighted by molar-refractivity contribution is 0.144. The molecule has 0 aliphatic carbocycles. The van der Waals surface area contributed by atoms with Crippen LogP contribution in [-0.4, -0.2) is 55.9 Å². The van der Waals surface area contributed by atoms with E-state index < -0.39 is 0 Å². The molecule has 6 heteroatoms. The zero-order valence-electron chi connectivity index (χ0n) is 12.6. The van der Waals surface area contributed by atoms with Crippen molar-refractivity contribution in [2.45, 2.75) is 12.8 Å². The molecule has 3 N–H and O–H groups in total. The molecule has 118 valence electrons. The van der Waals surface area contributed by atoms with Crippen molar-refractivity contribution >= 4 is 5.84 Å². The second kappa shape index (κ2) is 10.9. The number of hydrogen-bond donors (Lipinski definition) is 2. The molecule has 0 aliphatic heterocycles. The van der Waals surface area contributed by atoms with Crippen LogP contribution in [0.15, 0.2) is 35.5 Å². The van der Waals surface area contributed by atoms with Crippen LogP contribution < -0.4 is 10.5 Å². The Labute approximate surface area is 126 Å².